The Morgan fingerprint density at radius 2 is 2.22 bits per heavy atom. The molecule has 0 bridgehead atoms. The second kappa shape index (κ2) is 4.76. The number of ether oxygens (including phenoxy) is 1. The van der Waals surface area contributed by atoms with Crippen molar-refractivity contribution in [3.8, 4) is 11.8 Å². The molecule has 23 heavy (non-hydrogen) atoms. The van der Waals surface area contributed by atoms with Crippen LogP contribution in [0.1, 0.15) is 22.9 Å². The summed E-state index contributed by atoms with van der Waals surface area (Å²) in [4.78, 5) is 5.46. The van der Waals surface area contributed by atoms with Crippen molar-refractivity contribution in [3.05, 3.63) is 58.2 Å². The highest BCUT2D eigenvalue weighted by molar-refractivity contribution is 7.15. The van der Waals surface area contributed by atoms with Crippen molar-refractivity contribution in [1.82, 2.24) is 9.38 Å². The number of nitrogens with two attached hydrogens (primary N) is 2. The molecule has 2 aromatic heterocycles. The van der Waals surface area contributed by atoms with E-state index in [9.17, 15) is 5.26 Å². The molecule has 1 atom stereocenters. The van der Waals surface area contributed by atoms with Crippen LogP contribution in [-0.2, 0) is 0 Å². The summed E-state index contributed by atoms with van der Waals surface area (Å²) in [6, 6.07) is 7.60. The molecular formula is C16H13N5OS. The third-order valence-electron chi connectivity index (χ3n) is 4.00. The highest BCUT2D eigenvalue weighted by Gasteiger charge is 2.34. The van der Waals surface area contributed by atoms with Crippen molar-refractivity contribution in [2.45, 2.75) is 12.8 Å². The van der Waals surface area contributed by atoms with Gasteiger partial charge in [-0.05, 0) is 13.0 Å². The molecule has 1 aliphatic rings. The van der Waals surface area contributed by atoms with E-state index in [-0.39, 0.29) is 11.8 Å². The Morgan fingerprint density at radius 1 is 1.39 bits per heavy atom. The number of benzene rings is 1. The van der Waals surface area contributed by atoms with Crippen molar-refractivity contribution in [2.75, 3.05) is 5.73 Å². The van der Waals surface area contributed by atoms with E-state index in [2.05, 4.69) is 11.1 Å². The molecule has 0 saturated carbocycles. The lowest BCUT2D eigenvalue weighted by Crippen LogP contribution is -2.22. The predicted molar refractivity (Wildman–Crippen MR) is 88.0 cm³/mol. The van der Waals surface area contributed by atoms with Crippen molar-refractivity contribution in [3.63, 3.8) is 0 Å². The standard InChI is InChI=1S/C16H13N5OS/c1-8-14(21-4-5-23-16(21)20-8)13-10-3-2-9(18)6-12(10)22-15(19)11(13)7-17/h2-6,13H,18-19H2,1H3. The van der Waals surface area contributed by atoms with E-state index >= 15 is 0 Å². The van der Waals surface area contributed by atoms with E-state index in [1.807, 2.05) is 29.0 Å². The van der Waals surface area contributed by atoms with E-state index in [0.717, 1.165) is 21.9 Å². The Morgan fingerprint density at radius 3 is 3.00 bits per heavy atom. The largest absolute Gasteiger partial charge is 0.440 e. The minimum absolute atomic E-state index is 0.111. The van der Waals surface area contributed by atoms with E-state index < -0.39 is 0 Å². The summed E-state index contributed by atoms with van der Waals surface area (Å²) >= 11 is 1.55. The van der Waals surface area contributed by atoms with E-state index in [0.29, 0.717) is 17.0 Å². The van der Waals surface area contributed by atoms with Crippen LogP contribution in [-0.4, -0.2) is 9.38 Å². The van der Waals surface area contributed by atoms with Crippen LogP contribution in [0.2, 0.25) is 0 Å². The van der Waals surface area contributed by atoms with Crippen LogP contribution in [0.25, 0.3) is 4.96 Å². The summed E-state index contributed by atoms with van der Waals surface area (Å²) in [5, 5.41) is 11.6. The van der Waals surface area contributed by atoms with Gasteiger partial charge in [0, 0.05) is 28.9 Å². The maximum atomic E-state index is 9.60. The first-order valence-electron chi connectivity index (χ1n) is 6.99. The molecule has 0 amide bonds. The first-order chi connectivity index (χ1) is 11.1. The Balaban J connectivity index is 2.04. The molecule has 1 aliphatic heterocycles. The molecule has 7 heteroatoms. The number of hydrogen-bond acceptors (Lipinski definition) is 6. The van der Waals surface area contributed by atoms with Gasteiger partial charge < -0.3 is 16.2 Å². The quantitative estimate of drug-likeness (QED) is 0.670. The zero-order chi connectivity index (χ0) is 16.1. The number of anilines is 1. The van der Waals surface area contributed by atoms with Gasteiger partial charge in [0.1, 0.15) is 17.4 Å². The minimum atomic E-state index is -0.325. The van der Waals surface area contributed by atoms with E-state index in [1.54, 1.807) is 23.5 Å². The van der Waals surface area contributed by atoms with Crippen LogP contribution >= 0.6 is 11.3 Å². The average Bonchev–Trinajstić information content (AvgIpc) is 3.06. The Labute approximate surface area is 136 Å². The van der Waals surface area contributed by atoms with Gasteiger partial charge in [-0.3, -0.25) is 4.40 Å². The number of imidazole rings is 1. The molecule has 3 heterocycles. The molecule has 1 aromatic carbocycles. The molecular weight excluding hydrogens is 310 g/mol. The number of thiazole rings is 1. The lowest BCUT2D eigenvalue weighted by Gasteiger charge is -2.26. The molecule has 4 N–H and O–H groups in total. The molecule has 0 radical (unpaired) electrons. The number of fused-ring (bicyclic) bond motifs is 2. The first kappa shape index (κ1) is 13.7. The lowest BCUT2D eigenvalue weighted by molar-refractivity contribution is 0.393. The molecule has 0 spiro atoms. The fraction of sp³-hybridized carbons (Fsp3) is 0.125. The summed E-state index contributed by atoms with van der Waals surface area (Å²) in [5.41, 5.74) is 15.5. The van der Waals surface area contributed by atoms with Crippen LogP contribution in [0.15, 0.2) is 41.2 Å². The zero-order valence-electron chi connectivity index (χ0n) is 12.3. The van der Waals surface area contributed by atoms with Gasteiger partial charge in [0.05, 0.1) is 17.3 Å². The monoisotopic (exact) mass is 323 g/mol. The second-order valence-electron chi connectivity index (χ2n) is 5.36. The first-order valence-corrected chi connectivity index (χ1v) is 7.87. The van der Waals surface area contributed by atoms with Crippen molar-refractivity contribution in [1.29, 1.82) is 5.26 Å². The number of nitrogen functional groups attached to an aromatic ring is 1. The number of aromatic nitrogens is 2. The van der Waals surface area contributed by atoms with Gasteiger partial charge in [-0.15, -0.1) is 11.3 Å². The fourth-order valence-electron chi connectivity index (χ4n) is 3.01. The second-order valence-corrected chi connectivity index (χ2v) is 6.23. The summed E-state index contributed by atoms with van der Waals surface area (Å²) in [5.74, 6) is 0.366. The van der Waals surface area contributed by atoms with E-state index in [4.69, 9.17) is 16.2 Å². The smallest absolute Gasteiger partial charge is 0.205 e. The van der Waals surface area contributed by atoms with Gasteiger partial charge in [-0.1, -0.05) is 6.07 Å². The van der Waals surface area contributed by atoms with Gasteiger partial charge in [-0.2, -0.15) is 5.26 Å². The summed E-state index contributed by atoms with van der Waals surface area (Å²) in [6.07, 6.45) is 1.95. The normalized spacial score (nSPS) is 17.0. The SMILES string of the molecule is Cc1nc2sccn2c1C1C(C#N)=C(N)Oc2cc(N)ccc21. The molecule has 4 rings (SSSR count). The Hall–Kier alpha value is -2.98. The summed E-state index contributed by atoms with van der Waals surface area (Å²) in [6.45, 7) is 1.94. The number of allylic oxidation sites excluding steroid dienone is 1. The van der Waals surface area contributed by atoms with Crippen molar-refractivity contribution < 1.29 is 4.74 Å². The third-order valence-corrected chi connectivity index (χ3v) is 4.76. The number of rotatable bonds is 1. The zero-order valence-corrected chi connectivity index (χ0v) is 13.1. The van der Waals surface area contributed by atoms with E-state index in [1.165, 1.54) is 0 Å². The number of aryl methyl sites for hydroxylation is 1. The molecule has 0 fully saturated rings. The summed E-state index contributed by atoms with van der Waals surface area (Å²) < 4.78 is 7.61. The van der Waals surface area contributed by atoms with Crippen molar-refractivity contribution >= 4 is 22.0 Å². The number of hydrogen-bond donors (Lipinski definition) is 2. The predicted octanol–water partition coefficient (Wildman–Crippen LogP) is 2.50. The van der Waals surface area contributed by atoms with Crippen LogP contribution in [0.3, 0.4) is 0 Å². The van der Waals surface area contributed by atoms with Gasteiger partial charge in [0.25, 0.3) is 0 Å². The minimum Gasteiger partial charge on any atom is -0.440 e. The fourth-order valence-corrected chi connectivity index (χ4v) is 3.78. The maximum absolute atomic E-state index is 9.60. The maximum Gasteiger partial charge on any atom is 0.205 e. The third kappa shape index (κ3) is 1.89. The molecule has 114 valence electrons. The lowest BCUT2D eigenvalue weighted by atomic mass is 9.85. The van der Waals surface area contributed by atoms with Gasteiger partial charge in [0.2, 0.25) is 5.88 Å². The van der Waals surface area contributed by atoms with Crippen LogP contribution in [0.5, 0.6) is 5.75 Å². The van der Waals surface area contributed by atoms with Crippen LogP contribution in [0, 0.1) is 18.3 Å². The molecule has 6 nitrogen and oxygen atoms in total. The van der Waals surface area contributed by atoms with Gasteiger partial charge in [0.15, 0.2) is 4.96 Å². The number of nitriles is 1. The number of nitrogens with zero attached hydrogens (tertiary/aromatic N) is 3. The van der Waals surface area contributed by atoms with Crippen LogP contribution in [0.4, 0.5) is 5.69 Å². The van der Waals surface area contributed by atoms with Gasteiger partial charge >= 0.3 is 0 Å². The van der Waals surface area contributed by atoms with Gasteiger partial charge in [-0.25, -0.2) is 4.98 Å². The molecule has 0 aliphatic carbocycles. The molecule has 3 aromatic rings. The highest BCUT2D eigenvalue weighted by atomic mass is 32.1. The van der Waals surface area contributed by atoms with Crippen LogP contribution < -0.4 is 16.2 Å². The Bertz CT molecular complexity index is 1010. The Kier molecular flexibility index (Phi) is 2.83. The topological polar surface area (TPSA) is 102 Å². The summed E-state index contributed by atoms with van der Waals surface area (Å²) in [7, 11) is 0. The average molecular weight is 323 g/mol. The van der Waals surface area contributed by atoms with Crippen molar-refractivity contribution in [2.24, 2.45) is 5.73 Å². The highest BCUT2D eigenvalue weighted by Crippen LogP contribution is 2.44. The molecule has 0 saturated heterocycles. The molecule has 1 unspecified atom stereocenters.